The van der Waals surface area contributed by atoms with Gasteiger partial charge >= 0.3 is 0 Å². The van der Waals surface area contributed by atoms with Crippen molar-refractivity contribution in [3.05, 3.63) is 57.6 Å². The highest BCUT2D eigenvalue weighted by Crippen LogP contribution is 2.25. The van der Waals surface area contributed by atoms with Gasteiger partial charge in [0.1, 0.15) is 0 Å². The zero-order chi connectivity index (χ0) is 15.4. The van der Waals surface area contributed by atoms with Crippen LogP contribution in [0.25, 0.3) is 0 Å². The normalized spacial score (nSPS) is 10.9. The first-order valence-corrected chi connectivity index (χ1v) is 7.08. The van der Waals surface area contributed by atoms with Crippen LogP contribution in [-0.2, 0) is 4.79 Å². The van der Waals surface area contributed by atoms with E-state index >= 15 is 0 Å². The number of carbonyl (C=O) groups excluding carboxylic acids is 1. The van der Waals surface area contributed by atoms with Crippen LogP contribution in [0.15, 0.2) is 41.4 Å². The van der Waals surface area contributed by atoms with Gasteiger partial charge in [-0.05, 0) is 42.3 Å². The van der Waals surface area contributed by atoms with Crippen molar-refractivity contribution in [1.29, 1.82) is 0 Å². The first-order chi connectivity index (χ1) is 9.95. The van der Waals surface area contributed by atoms with Crippen molar-refractivity contribution >= 4 is 46.7 Å². The molecule has 21 heavy (non-hydrogen) atoms. The quantitative estimate of drug-likeness (QED) is 0.793. The van der Waals surface area contributed by atoms with Crippen molar-refractivity contribution in [1.82, 2.24) is 0 Å². The molecule has 0 aliphatic carbocycles. The second kappa shape index (κ2) is 6.74. The van der Waals surface area contributed by atoms with E-state index in [0.717, 1.165) is 22.5 Å². The van der Waals surface area contributed by atoms with E-state index in [1.807, 2.05) is 31.2 Å². The lowest BCUT2D eigenvalue weighted by Gasteiger charge is -2.05. The fraction of sp³-hybridized carbons (Fsp3) is 0.125. The van der Waals surface area contributed by atoms with Gasteiger partial charge in [-0.2, -0.15) is 0 Å². The van der Waals surface area contributed by atoms with E-state index in [1.165, 1.54) is 6.92 Å². The molecule has 5 heteroatoms. The highest BCUT2D eigenvalue weighted by molar-refractivity contribution is 6.42. The lowest BCUT2D eigenvalue weighted by molar-refractivity contribution is -0.114. The van der Waals surface area contributed by atoms with Crippen LogP contribution < -0.4 is 5.32 Å². The molecule has 0 radical (unpaired) electrons. The number of nitrogens with zero attached hydrogens (tertiary/aromatic N) is 1. The molecule has 108 valence electrons. The Labute approximate surface area is 133 Å². The van der Waals surface area contributed by atoms with Gasteiger partial charge in [0.15, 0.2) is 0 Å². The van der Waals surface area contributed by atoms with E-state index in [9.17, 15) is 4.79 Å². The number of hydrogen-bond donors (Lipinski definition) is 1. The lowest BCUT2D eigenvalue weighted by Crippen LogP contribution is -2.05. The molecule has 0 atom stereocenters. The monoisotopic (exact) mass is 320 g/mol. The summed E-state index contributed by atoms with van der Waals surface area (Å²) in [5.41, 5.74) is 3.37. The molecule has 1 N–H and O–H groups in total. The SMILES string of the molecule is CC(=O)Nc1ccc(C)c(N=Cc2ccc(Cl)c(Cl)c2)c1. The van der Waals surface area contributed by atoms with Gasteiger partial charge in [0.25, 0.3) is 0 Å². The minimum atomic E-state index is -0.113. The lowest BCUT2D eigenvalue weighted by atomic mass is 10.2. The maximum Gasteiger partial charge on any atom is 0.221 e. The van der Waals surface area contributed by atoms with Crippen LogP contribution >= 0.6 is 23.2 Å². The number of nitrogens with one attached hydrogen (secondary N) is 1. The molecule has 2 rings (SSSR count). The standard InChI is InChI=1S/C16H14Cl2N2O/c1-10-3-5-13(20-11(2)21)8-16(10)19-9-12-4-6-14(17)15(18)7-12/h3-9H,1-2H3,(H,20,21). The molecule has 2 aromatic rings. The predicted molar refractivity (Wildman–Crippen MR) is 89.2 cm³/mol. The molecule has 0 aliphatic heterocycles. The summed E-state index contributed by atoms with van der Waals surface area (Å²) in [6.45, 7) is 3.43. The van der Waals surface area contributed by atoms with E-state index in [-0.39, 0.29) is 5.91 Å². The average molecular weight is 321 g/mol. The summed E-state index contributed by atoms with van der Waals surface area (Å²) in [5, 5.41) is 3.74. The second-order valence-corrected chi connectivity index (χ2v) is 5.43. The number of amides is 1. The van der Waals surface area contributed by atoms with Crippen molar-refractivity contribution in [2.24, 2.45) is 4.99 Å². The molecule has 0 saturated carbocycles. The molecule has 3 nitrogen and oxygen atoms in total. The Morgan fingerprint density at radius 2 is 1.90 bits per heavy atom. The Kier molecular flexibility index (Phi) is 4.99. The first-order valence-electron chi connectivity index (χ1n) is 6.33. The molecule has 2 aromatic carbocycles. The summed E-state index contributed by atoms with van der Waals surface area (Å²) < 4.78 is 0. The highest BCUT2D eigenvalue weighted by Gasteiger charge is 2.01. The average Bonchev–Trinajstić information content (AvgIpc) is 2.42. The number of hydrogen-bond acceptors (Lipinski definition) is 2. The predicted octanol–water partition coefficient (Wildman–Crippen LogP) is 5.01. The summed E-state index contributed by atoms with van der Waals surface area (Å²) in [6, 6.07) is 10.9. The third-order valence-corrected chi connectivity index (χ3v) is 3.56. The highest BCUT2D eigenvalue weighted by atomic mass is 35.5. The summed E-state index contributed by atoms with van der Waals surface area (Å²) in [5.74, 6) is -0.113. The molecule has 0 bridgehead atoms. The smallest absolute Gasteiger partial charge is 0.221 e. The number of anilines is 1. The Balaban J connectivity index is 2.27. The Bertz CT molecular complexity index is 711. The number of benzene rings is 2. The topological polar surface area (TPSA) is 41.5 Å². The van der Waals surface area contributed by atoms with Crippen LogP contribution in [0.4, 0.5) is 11.4 Å². The Hall–Kier alpha value is -1.84. The van der Waals surface area contributed by atoms with Crippen LogP contribution in [0.3, 0.4) is 0 Å². The van der Waals surface area contributed by atoms with E-state index in [4.69, 9.17) is 23.2 Å². The molecular weight excluding hydrogens is 307 g/mol. The van der Waals surface area contributed by atoms with Crippen molar-refractivity contribution in [3.63, 3.8) is 0 Å². The van der Waals surface area contributed by atoms with Crippen LogP contribution in [-0.4, -0.2) is 12.1 Å². The molecular formula is C16H14Cl2N2O. The Morgan fingerprint density at radius 1 is 1.14 bits per heavy atom. The van der Waals surface area contributed by atoms with Crippen LogP contribution in [0.1, 0.15) is 18.1 Å². The van der Waals surface area contributed by atoms with E-state index in [1.54, 1.807) is 18.3 Å². The first kappa shape index (κ1) is 15.5. The van der Waals surface area contributed by atoms with Gasteiger partial charge in [0.05, 0.1) is 15.7 Å². The van der Waals surface area contributed by atoms with E-state index < -0.39 is 0 Å². The van der Waals surface area contributed by atoms with Crippen LogP contribution in [0, 0.1) is 6.92 Å². The van der Waals surface area contributed by atoms with Gasteiger partial charge in [-0.25, -0.2) is 0 Å². The summed E-state index contributed by atoms with van der Waals surface area (Å²) in [7, 11) is 0. The van der Waals surface area contributed by atoms with E-state index in [2.05, 4.69) is 10.3 Å². The van der Waals surface area contributed by atoms with Crippen molar-refractivity contribution in [2.75, 3.05) is 5.32 Å². The number of rotatable bonds is 3. The summed E-state index contributed by atoms with van der Waals surface area (Å²) in [6.07, 6.45) is 1.71. The number of halogens is 2. The van der Waals surface area contributed by atoms with Gasteiger partial charge in [-0.1, -0.05) is 35.3 Å². The number of aliphatic imine (C=N–C) groups is 1. The zero-order valence-electron chi connectivity index (χ0n) is 11.7. The van der Waals surface area contributed by atoms with Gasteiger partial charge in [-0.15, -0.1) is 0 Å². The minimum Gasteiger partial charge on any atom is -0.326 e. The molecule has 0 heterocycles. The fourth-order valence-corrected chi connectivity index (χ4v) is 2.07. The maximum atomic E-state index is 11.1. The molecule has 1 amide bonds. The van der Waals surface area contributed by atoms with E-state index in [0.29, 0.717) is 10.0 Å². The van der Waals surface area contributed by atoms with Gasteiger partial charge in [0, 0.05) is 18.8 Å². The van der Waals surface area contributed by atoms with Gasteiger partial charge in [-0.3, -0.25) is 9.79 Å². The molecule has 0 aliphatic rings. The van der Waals surface area contributed by atoms with Crippen molar-refractivity contribution in [2.45, 2.75) is 13.8 Å². The zero-order valence-corrected chi connectivity index (χ0v) is 13.2. The van der Waals surface area contributed by atoms with Crippen molar-refractivity contribution in [3.8, 4) is 0 Å². The third kappa shape index (κ3) is 4.31. The van der Waals surface area contributed by atoms with Crippen molar-refractivity contribution < 1.29 is 4.79 Å². The third-order valence-electron chi connectivity index (χ3n) is 2.83. The molecule has 0 spiro atoms. The van der Waals surface area contributed by atoms with Gasteiger partial charge in [0.2, 0.25) is 5.91 Å². The fourth-order valence-electron chi connectivity index (χ4n) is 1.77. The maximum absolute atomic E-state index is 11.1. The van der Waals surface area contributed by atoms with Crippen LogP contribution in [0.5, 0.6) is 0 Å². The minimum absolute atomic E-state index is 0.113. The Morgan fingerprint density at radius 3 is 2.57 bits per heavy atom. The largest absolute Gasteiger partial charge is 0.326 e. The molecule has 0 fully saturated rings. The molecule has 0 aromatic heterocycles. The number of aryl methyl sites for hydroxylation is 1. The summed E-state index contributed by atoms with van der Waals surface area (Å²) >= 11 is 11.8. The van der Waals surface area contributed by atoms with Crippen LogP contribution in [0.2, 0.25) is 10.0 Å². The van der Waals surface area contributed by atoms with Gasteiger partial charge < -0.3 is 5.32 Å². The molecule has 0 unspecified atom stereocenters. The second-order valence-electron chi connectivity index (χ2n) is 4.61. The number of carbonyl (C=O) groups is 1. The molecule has 0 saturated heterocycles. The summed E-state index contributed by atoms with van der Waals surface area (Å²) in [4.78, 5) is 15.5.